The van der Waals surface area contributed by atoms with Gasteiger partial charge in [0, 0.05) is 12.8 Å². The van der Waals surface area contributed by atoms with Crippen molar-refractivity contribution in [2.45, 2.75) is 46.3 Å². The molecule has 124 valence electrons. The first-order valence-electron chi connectivity index (χ1n) is 7.73. The molecule has 0 radical (unpaired) electrons. The summed E-state index contributed by atoms with van der Waals surface area (Å²) in [5.74, 6) is 0.0574. The molecule has 5 nitrogen and oxygen atoms in total. The second-order valence-electron chi connectivity index (χ2n) is 4.50. The van der Waals surface area contributed by atoms with Crippen LogP contribution < -0.4 is 10.6 Å². The molecule has 2 N–H and O–H groups in total. The summed E-state index contributed by atoms with van der Waals surface area (Å²) in [5.41, 5.74) is 1.94. The third-order valence-electron chi connectivity index (χ3n) is 2.91. The van der Waals surface area contributed by atoms with Crippen LogP contribution >= 0.6 is 0 Å². The molecule has 0 saturated carbocycles. The molecule has 1 aliphatic rings. The maximum absolute atomic E-state index is 11.8. The van der Waals surface area contributed by atoms with Gasteiger partial charge in [-0.15, -0.1) is 0 Å². The number of anilines is 1. The molecule has 1 unspecified atom stereocenters. The van der Waals surface area contributed by atoms with Crippen molar-refractivity contribution < 1.29 is 14.3 Å². The number of hydrogen-bond donors (Lipinski definition) is 2. The Kier molecular flexibility index (Phi) is 12.0. The van der Waals surface area contributed by atoms with Gasteiger partial charge in [0.1, 0.15) is 6.29 Å². The van der Waals surface area contributed by atoms with E-state index < -0.39 is 0 Å². The Bertz CT molecular complexity index is 412. The summed E-state index contributed by atoms with van der Waals surface area (Å²) in [5, 5.41) is 6.09. The quantitative estimate of drug-likeness (QED) is 0.839. The van der Waals surface area contributed by atoms with E-state index in [1.807, 2.05) is 38.1 Å². The van der Waals surface area contributed by atoms with Gasteiger partial charge >= 0.3 is 0 Å². The average molecular weight is 308 g/mol. The fourth-order valence-corrected chi connectivity index (χ4v) is 1.99. The van der Waals surface area contributed by atoms with Gasteiger partial charge in [0.2, 0.25) is 5.91 Å². The van der Waals surface area contributed by atoms with Gasteiger partial charge in [-0.2, -0.15) is 0 Å². The van der Waals surface area contributed by atoms with E-state index in [4.69, 9.17) is 9.53 Å². The molecule has 0 aromatic heterocycles. The summed E-state index contributed by atoms with van der Waals surface area (Å²) < 4.78 is 5.03. The number of aldehydes is 1. The Labute approximate surface area is 133 Å². The zero-order chi connectivity index (χ0) is 16.8. The summed E-state index contributed by atoms with van der Waals surface area (Å²) in [6, 6.07) is 7.69. The van der Waals surface area contributed by atoms with E-state index in [2.05, 4.69) is 10.6 Å². The van der Waals surface area contributed by atoms with Gasteiger partial charge in [0.25, 0.3) is 0 Å². The van der Waals surface area contributed by atoms with Gasteiger partial charge < -0.3 is 20.2 Å². The molecule has 1 heterocycles. The number of ether oxygens (including phenoxy) is 1. The molecule has 5 heteroatoms. The highest BCUT2D eigenvalue weighted by atomic mass is 16.5. The van der Waals surface area contributed by atoms with Crippen LogP contribution in [0.3, 0.4) is 0 Å². The molecule has 1 amide bonds. The Morgan fingerprint density at radius 1 is 1.36 bits per heavy atom. The lowest BCUT2D eigenvalue weighted by molar-refractivity contribution is -0.117. The fraction of sp³-hybridized carbons (Fsp3) is 0.529. The Hall–Kier alpha value is -1.72. The van der Waals surface area contributed by atoms with Gasteiger partial charge in [-0.3, -0.25) is 4.79 Å². The summed E-state index contributed by atoms with van der Waals surface area (Å²) >= 11 is 0. The van der Waals surface area contributed by atoms with E-state index in [9.17, 15) is 4.79 Å². The van der Waals surface area contributed by atoms with Crippen molar-refractivity contribution in [3.8, 4) is 0 Å². The number of carbonyl (C=O) groups is 2. The van der Waals surface area contributed by atoms with E-state index in [1.54, 1.807) is 7.11 Å². The van der Waals surface area contributed by atoms with Crippen LogP contribution in [0.25, 0.3) is 0 Å². The molecule has 1 atom stereocenters. The third-order valence-corrected chi connectivity index (χ3v) is 2.91. The van der Waals surface area contributed by atoms with Gasteiger partial charge in [-0.05, 0) is 44.0 Å². The molecule has 2 rings (SSSR count). The first-order chi connectivity index (χ1) is 10.7. The Morgan fingerprint density at radius 2 is 1.95 bits per heavy atom. The maximum atomic E-state index is 11.8. The van der Waals surface area contributed by atoms with E-state index in [0.717, 1.165) is 36.9 Å². The van der Waals surface area contributed by atoms with Crippen LogP contribution in [0.1, 0.15) is 39.2 Å². The highest BCUT2D eigenvalue weighted by Crippen LogP contribution is 2.12. The van der Waals surface area contributed by atoms with Crippen molar-refractivity contribution >= 4 is 17.9 Å². The summed E-state index contributed by atoms with van der Waals surface area (Å²) in [6.07, 6.45) is 2.75. The predicted molar refractivity (Wildman–Crippen MR) is 89.9 cm³/mol. The third kappa shape index (κ3) is 7.90. The number of methoxy groups -OCH3 is 1. The molecule has 22 heavy (non-hydrogen) atoms. The second kappa shape index (κ2) is 13.0. The van der Waals surface area contributed by atoms with Crippen molar-refractivity contribution in [2.75, 3.05) is 19.0 Å². The zero-order valence-electron chi connectivity index (χ0n) is 14.0. The van der Waals surface area contributed by atoms with Crippen molar-refractivity contribution in [3.05, 3.63) is 29.8 Å². The molecular formula is C17H28N2O3. The van der Waals surface area contributed by atoms with Gasteiger partial charge in [0.15, 0.2) is 0 Å². The minimum Gasteiger partial charge on any atom is -0.380 e. The van der Waals surface area contributed by atoms with Crippen LogP contribution in [-0.4, -0.2) is 31.9 Å². The molecule has 1 aliphatic heterocycles. The number of carbonyl (C=O) groups excluding carboxylic acids is 2. The number of hydrogen-bond acceptors (Lipinski definition) is 4. The largest absolute Gasteiger partial charge is 0.380 e. The number of nitrogens with one attached hydrogen (secondary N) is 2. The Morgan fingerprint density at radius 3 is 2.41 bits per heavy atom. The van der Waals surface area contributed by atoms with Crippen molar-refractivity contribution in [1.82, 2.24) is 5.32 Å². The van der Waals surface area contributed by atoms with E-state index >= 15 is 0 Å². The van der Waals surface area contributed by atoms with Crippen molar-refractivity contribution in [1.29, 1.82) is 0 Å². The van der Waals surface area contributed by atoms with Crippen molar-refractivity contribution in [2.24, 2.45) is 0 Å². The molecule has 0 bridgehead atoms. The normalized spacial score (nSPS) is 15.7. The number of amides is 1. The van der Waals surface area contributed by atoms with Crippen LogP contribution in [0.2, 0.25) is 0 Å². The standard InChI is InChI=1S/C13H18N2O2.C2H4O.C2H6/c1-17-9-10-4-6-11(7-5-10)15-13(16)12-3-2-8-14-12;1-2-3;1-2/h4-7,12,14H,2-3,8-9H2,1H3,(H,15,16);2H,1H3;1-2H3. The number of benzene rings is 1. The summed E-state index contributed by atoms with van der Waals surface area (Å²) in [4.78, 5) is 20.6. The van der Waals surface area contributed by atoms with Crippen LogP contribution in [0.15, 0.2) is 24.3 Å². The maximum Gasteiger partial charge on any atom is 0.241 e. The molecule has 1 saturated heterocycles. The van der Waals surface area contributed by atoms with E-state index in [-0.39, 0.29) is 11.9 Å². The lowest BCUT2D eigenvalue weighted by atomic mass is 10.2. The molecule has 0 spiro atoms. The van der Waals surface area contributed by atoms with E-state index in [1.165, 1.54) is 6.92 Å². The lowest BCUT2D eigenvalue weighted by Crippen LogP contribution is -2.35. The van der Waals surface area contributed by atoms with Gasteiger partial charge in [-0.25, -0.2) is 0 Å². The zero-order valence-corrected chi connectivity index (χ0v) is 14.0. The highest BCUT2D eigenvalue weighted by molar-refractivity contribution is 5.95. The average Bonchev–Trinajstić information content (AvgIpc) is 3.07. The minimum atomic E-state index is -0.0337. The summed E-state index contributed by atoms with van der Waals surface area (Å²) in [6.45, 7) is 6.98. The topological polar surface area (TPSA) is 67.4 Å². The van der Waals surface area contributed by atoms with Gasteiger partial charge in [-0.1, -0.05) is 26.0 Å². The van der Waals surface area contributed by atoms with Crippen LogP contribution in [0.5, 0.6) is 0 Å². The molecular weight excluding hydrogens is 280 g/mol. The molecule has 1 aromatic rings. The second-order valence-corrected chi connectivity index (χ2v) is 4.50. The Balaban J connectivity index is 0.000000789. The molecule has 0 aliphatic carbocycles. The molecule has 1 aromatic carbocycles. The highest BCUT2D eigenvalue weighted by Gasteiger charge is 2.21. The lowest BCUT2D eigenvalue weighted by Gasteiger charge is -2.11. The summed E-state index contributed by atoms with van der Waals surface area (Å²) in [7, 11) is 1.67. The smallest absolute Gasteiger partial charge is 0.241 e. The van der Waals surface area contributed by atoms with Crippen molar-refractivity contribution in [3.63, 3.8) is 0 Å². The number of rotatable bonds is 4. The first-order valence-corrected chi connectivity index (χ1v) is 7.73. The monoisotopic (exact) mass is 308 g/mol. The fourth-order valence-electron chi connectivity index (χ4n) is 1.99. The molecule has 1 fully saturated rings. The SMILES string of the molecule is CC.CC=O.COCc1ccc(NC(=O)C2CCCN2)cc1. The van der Waals surface area contributed by atoms with Crippen LogP contribution in [0, 0.1) is 0 Å². The minimum absolute atomic E-state index is 0.0337. The van der Waals surface area contributed by atoms with Crippen LogP contribution in [0.4, 0.5) is 5.69 Å². The van der Waals surface area contributed by atoms with E-state index in [0.29, 0.717) is 6.61 Å². The predicted octanol–water partition coefficient (Wildman–Crippen LogP) is 2.75. The van der Waals surface area contributed by atoms with Gasteiger partial charge in [0.05, 0.1) is 12.6 Å². The van der Waals surface area contributed by atoms with Crippen LogP contribution in [-0.2, 0) is 20.9 Å². The first kappa shape index (κ1) is 20.3.